The van der Waals surface area contributed by atoms with Crippen LogP contribution in [0.2, 0.25) is 0 Å². The number of aryl methyl sites for hydroxylation is 1. The number of hydrogen-bond acceptors (Lipinski definition) is 6. The number of anilines is 3. The Balaban J connectivity index is 1.41. The number of benzene rings is 2. The molecule has 2 aromatic heterocycles. The molecule has 0 amide bonds. The molecule has 0 unspecified atom stereocenters. The van der Waals surface area contributed by atoms with Crippen molar-refractivity contribution in [2.75, 3.05) is 43.4 Å². The smallest absolute Gasteiger partial charge is 0.252 e. The summed E-state index contributed by atoms with van der Waals surface area (Å²) in [7, 11) is 2.15. The second kappa shape index (κ2) is 9.23. The zero-order chi connectivity index (χ0) is 23.7. The molecule has 5 rings (SSSR count). The number of likely N-dealkylation sites (N-methyl/N-ethyl adjacent to an activating group) is 1. The maximum absolute atomic E-state index is 13.8. The van der Waals surface area contributed by atoms with Gasteiger partial charge in [0.25, 0.3) is 5.56 Å². The Morgan fingerprint density at radius 2 is 1.76 bits per heavy atom. The first-order valence-electron chi connectivity index (χ1n) is 11.4. The van der Waals surface area contributed by atoms with Crippen LogP contribution in [-0.2, 0) is 6.54 Å². The second-order valence-electron chi connectivity index (χ2n) is 8.76. The van der Waals surface area contributed by atoms with Crippen LogP contribution >= 0.6 is 0 Å². The molecule has 1 saturated heterocycles. The number of fused-ring (bicyclic) bond motifs is 1. The van der Waals surface area contributed by atoms with Crippen LogP contribution in [0, 0.1) is 12.7 Å². The minimum atomic E-state index is -0.328. The topological polar surface area (TPSA) is 66.3 Å². The summed E-state index contributed by atoms with van der Waals surface area (Å²) in [6.07, 6.45) is 1.69. The molecule has 0 radical (unpaired) electrons. The molecule has 4 aromatic rings. The third kappa shape index (κ3) is 4.63. The van der Waals surface area contributed by atoms with Gasteiger partial charge in [0.1, 0.15) is 11.5 Å². The predicted octanol–water partition coefficient (Wildman–Crippen LogP) is 3.78. The largest absolute Gasteiger partial charge is 0.369 e. The van der Waals surface area contributed by atoms with Crippen molar-refractivity contribution < 1.29 is 4.39 Å². The Morgan fingerprint density at radius 3 is 2.53 bits per heavy atom. The second-order valence-corrected chi connectivity index (χ2v) is 8.76. The Kier molecular flexibility index (Phi) is 5.98. The van der Waals surface area contributed by atoms with Gasteiger partial charge in [-0.1, -0.05) is 6.07 Å². The molecule has 1 aliphatic heterocycles. The highest BCUT2D eigenvalue weighted by Gasteiger charge is 2.14. The fourth-order valence-electron chi connectivity index (χ4n) is 4.21. The van der Waals surface area contributed by atoms with Crippen LogP contribution < -0.4 is 15.8 Å². The van der Waals surface area contributed by atoms with E-state index in [-0.39, 0.29) is 17.9 Å². The van der Waals surface area contributed by atoms with Gasteiger partial charge < -0.3 is 15.1 Å². The fraction of sp³-hybridized carbons (Fsp3) is 0.269. The molecule has 174 valence electrons. The first-order valence-corrected chi connectivity index (χ1v) is 11.4. The van der Waals surface area contributed by atoms with E-state index in [1.165, 1.54) is 23.9 Å². The van der Waals surface area contributed by atoms with E-state index in [0.717, 1.165) is 48.4 Å². The lowest BCUT2D eigenvalue weighted by molar-refractivity contribution is 0.313. The van der Waals surface area contributed by atoms with Gasteiger partial charge in [0, 0.05) is 55.2 Å². The highest BCUT2D eigenvalue weighted by atomic mass is 19.1. The van der Waals surface area contributed by atoms with Crippen LogP contribution in [-0.4, -0.2) is 52.7 Å². The van der Waals surface area contributed by atoms with Crippen LogP contribution in [0.1, 0.15) is 11.1 Å². The summed E-state index contributed by atoms with van der Waals surface area (Å²) < 4.78 is 15.4. The van der Waals surface area contributed by atoms with Crippen molar-refractivity contribution in [3.8, 4) is 0 Å². The SMILES string of the molecule is Cc1ccc(F)cc1Cn1c(=O)ccc2cnc(Nc3ccc(N4CCN(C)CC4)cc3)nc21. The van der Waals surface area contributed by atoms with E-state index in [0.29, 0.717) is 11.6 Å². The Labute approximate surface area is 197 Å². The molecule has 0 bridgehead atoms. The van der Waals surface area contributed by atoms with E-state index < -0.39 is 0 Å². The Hall–Kier alpha value is -3.78. The van der Waals surface area contributed by atoms with E-state index in [1.54, 1.807) is 22.9 Å². The lowest BCUT2D eigenvalue weighted by Gasteiger charge is -2.34. The van der Waals surface area contributed by atoms with Crippen molar-refractivity contribution in [1.29, 1.82) is 0 Å². The molecule has 1 aliphatic rings. The van der Waals surface area contributed by atoms with Crippen molar-refractivity contribution in [2.24, 2.45) is 0 Å². The lowest BCUT2D eigenvalue weighted by atomic mass is 10.1. The predicted molar refractivity (Wildman–Crippen MR) is 133 cm³/mol. The maximum atomic E-state index is 13.8. The number of nitrogens with zero attached hydrogens (tertiary/aromatic N) is 5. The minimum absolute atomic E-state index is 0.197. The monoisotopic (exact) mass is 458 g/mol. The van der Waals surface area contributed by atoms with Gasteiger partial charge in [0.05, 0.1) is 6.54 Å². The van der Waals surface area contributed by atoms with Crippen molar-refractivity contribution in [1.82, 2.24) is 19.4 Å². The quantitative estimate of drug-likeness (QED) is 0.491. The average Bonchev–Trinajstić information content (AvgIpc) is 2.84. The normalized spacial score (nSPS) is 14.5. The molecule has 3 heterocycles. The molecule has 0 atom stereocenters. The van der Waals surface area contributed by atoms with Crippen LogP contribution in [0.25, 0.3) is 11.0 Å². The maximum Gasteiger partial charge on any atom is 0.252 e. The molecule has 0 aliphatic carbocycles. The van der Waals surface area contributed by atoms with Gasteiger partial charge >= 0.3 is 0 Å². The Bertz CT molecular complexity index is 1380. The van der Waals surface area contributed by atoms with Crippen molar-refractivity contribution in [3.63, 3.8) is 0 Å². The van der Waals surface area contributed by atoms with Gasteiger partial charge in [-0.15, -0.1) is 0 Å². The summed E-state index contributed by atoms with van der Waals surface area (Å²) in [4.78, 5) is 26.5. The molecule has 1 N–H and O–H groups in total. The molecule has 34 heavy (non-hydrogen) atoms. The molecular weight excluding hydrogens is 431 g/mol. The third-order valence-electron chi connectivity index (χ3n) is 6.35. The number of hydrogen-bond donors (Lipinski definition) is 1. The average molecular weight is 459 g/mol. The highest BCUT2D eigenvalue weighted by Crippen LogP contribution is 2.22. The van der Waals surface area contributed by atoms with Gasteiger partial charge in [-0.05, 0) is 67.6 Å². The van der Waals surface area contributed by atoms with E-state index in [4.69, 9.17) is 0 Å². The minimum Gasteiger partial charge on any atom is -0.369 e. The summed E-state index contributed by atoms with van der Waals surface area (Å²) in [6, 6.07) is 16.0. The summed E-state index contributed by atoms with van der Waals surface area (Å²) >= 11 is 0. The van der Waals surface area contributed by atoms with Crippen molar-refractivity contribution in [3.05, 3.63) is 88.1 Å². The van der Waals surface area contributed by atoms with E-state index >= 15 is 0 Å². The molecule has 7 nitrogen and oxygen atoms in total. The molecule has 0 saturated carbocycles. The van der Waals surface area contributed by atoms with Crippen LogP contribution in [0.15, 0.2) is 65.6 Å². The number of aromatic nitrogens is 3. The van der Waals surface area contributed by atoms with Crippen LogP contribution in [0.4, 0.5) is 21.7 Å². The van der Waals surface area contributed by atoms with Crippen molar-refractivity contribution >= 4 is 28.4 Å². The highest BCUT2D eigenvalue weighted by molar-refractivity contribution is 5.76. The summed E-state index contributed by atoms with van der Waals surface area (Å²) in [5.41, 5.74) is 4.01. The first kappa shape index (κ1) is 22.0. The number of rotatable bonds is 5. The van der Waals surface area contributed by atoms with Gasteiger partial charge in [-0.2, -0.15) is 4.98 Å². The summed E-state index contributed by atoms with van der Waals surface area (Å²) in [5.74, 6) is 0.0704. The van der Waals surface area contributed by atoms with Gasteiger partial charge in [0.2, 0.25) is 5.95 Å². The number of nitrogens with one attached hydrogen (secondary N) is 1. The summed E-state index contributed by atoms with van der Waals surface area (Å²) in [5, 5.41) is 3.98. The van der Waals surface area contributed by atoms with Crippen molar-refractivity contribution in [2.45, 2.75) is 13.5 Å². The molecule has 0 spiro atoms. The van der Waals surface area contributed by atoms with Gasteiger partial charge in [0.15, 0.2) is 0 Å². The molecule has 1 fully saturated rings. The number of piperazine rings is 1. The lowest BCUT2D eigenvalue weighted by Crippen LogP contribution is -2.44. The van der Waals surface area contributed by atoms with E-state index in [1.807, 2.05) is 19.1 Å². The standard InChI is InChI=1S/C26H27FN6O/c1-18-3-5-21(27)15-20(18)17-33-24(34)10-4-19-16-28-26(30-25(19)33)29-22-6-8-23(9-7-22)32-13-11-31(2)12-14-32/h3-10,15-16H,11-14,17H2,1-2H3,(H,28,29,30). The van der Waals surface area contributed by atoms with E-state index in [9.17, 15) is 9.18 Å². The van der Waals surface area contributed by atoms with Crippen LogP contribution in [0.3, 0.4) is 0 Å². The zero-order valence-corrected chi connectivity index (χ0v) is 19.3. The fourth-order valence-corrected chi connectivity index (χ4v) is 4.21. The van der Waals surface area contributed by atoms with Gasteiger partial charge in [-0.25, -0.2) is 9.37 Å². The molecule has 8 heteroatoms. The number of halogens is 1. The zero-order valence-electron chi connectivity index (χ0n) is 19.3. The third-order valence-corrected chi connectivity index (χ3v) is 6.35. The molecule has 2 aromatic carbocycles. The van der Waals surface area contributed by atoms with Crippen LogP contribution in [0.5, 0.6) is 0 Å². The first-order chi connectivity index (χ1) is 16.5. The van der Waals surface area contributed by atoms with E-state index in [2.05, 4.69) is 44.3 Å². The summed E-state index contributed by atoms with van der Waals surface area (Å²) in [6.45, 7) is 6.27. The Morgan fingerprint density at radius 1 is 1.00 bits per heavy atom. The molecular formula is C26H27FN6O. The number of pyridine rings is 1. The van der Waals surface area contributed by atoms with Gasteiger partial charge in [-0.3, -0.25) is 9.36 Å².